The van der Waals surface area contributed by atoms with Gasteiger partial charge in [0.05, 0.1) is 35.9 Å². The lowest BCUT2D eigenvalue weighted by Crippen LogP contribution is -2.25. The van der Waals surface area contributed by atoms with Crippen LogP contribution in [0.25, 0.3) is 10.9 Å². The van der Waals surface area contributed by atoms with Gasteiger partial charge in [-0.05, 0) is 62.6 Å². The summed E-state index contributed by atoms with van der Waals surface area (Å²) in [6.45, 7) is 3.75. The van der Waals surface area contributed by atoms with Gasteiger partial charge in [0.1, 0.15) is 5.82 Å². The van der Waals surface area contributed by atoms with Crippen LogP contribution in [0.1, 0.15) is 63.3 Å². The summed E-state index contributed by atoms with van der Waals surface area (Å²) in [5.41, 5.74) is 1.02. The van der Waals surface area contributed by atoms with Gasteiger partial charge in [-0.15, -0.1) is 0 Å². The summed E-state index contributed by atoms with van der Waals surface area (Å²) in [6, 6.07) is 8.84. The normalized spacial score (nSPS) is 15.2. The van der Waals surface area contributed by atoms with Crippen molar-refractivity contribution in [1.29, 1.82) is 0 Å². The van der Waals surface area contributed by atoms with E-state index in [1.54, 1.807) is 31.3 Å². The highest BCUT2D eigenvalue weighted by molar-refractivity contribution is 9.10. The molecule has 0 N–H and O–H groups in total. The Bertz CT molecular complexity index is 1380. The Morgan fingerprint density at radius 2 is 2.03 bits per heavy atom. The van der Waals surface area contributed by atoms with Gasteiger partial charge in [-0.2, -0.15) is 9.78 Å². The zero-order valence-electron chi connectivity index (χ0n) is 21.0. The highest BCUT2D eigenvalue weighted by atomic mass is 79.9. The number of halogens is 2. The highest BCUT2D eigenvalue weighted by Gasteiger charge is 2.23. The largest absolute Gasteiger partial charge is 0.490 e. The molecule has 3 aromatic rings. The predicted octanol–water partition coefficient (Wildman–Crippen LogP) is 6.08. The number of nitrogens with zero attached hydrogens (tertiary/aromatic N) is 3. The minimum absolute atomic E-state index is 0.157. The van der Waals surface area contributed by atoms with Gasteiger partial charge in [-0.1, -0.05) is 46.8 Å². The van der Waals surface area contributed by atoms with Crippen molar-refractivity contribution in [3.05, 3.63) is 61.6 Å². The molecule has 10 heteroatoms. The molecule has 1 fully saturated rings. The van der Waals surface area contributed by atoms with Crippen LogP contribution in [0.15, 0.2) is 44.7 Å². The lowest BCUT2D eigenvalue weighted by atomic mass is 9.88. The van der Waals surface area contributed by atoms with E-state index >= 15 is 0 Å². The average molecular weight is 591 g/mol. The van der Waals surface area contributed by atoms with Gasteiger partial charge in [0.2, 0.25) is 0 Å². The van der Waals surface area contributed by atoms with Crippen LogP contribution in [-0.4, -0.2) is 41.7 Å². The second kappa shape index (κ2) is 12.1. The lowest BCUT2D eigenvalue weighted by Gasteiger charge is -2.22. The number of carbonyl (C=O) groups is 1. The van der Waals surface area contributed by atoms with Crippen molar-refractivity contribution < 1.29 is 19.0 Å². The average Bonchev–Trinajstić information content (AvgIpc) is 2.90. The molecule has 2 aromatic carbocycles. The van der Waals surface area contributed by atoms with E-state index in [2.05, 4.69) is 21.0 Å². The Balaban J connectivity index is 1.77. The molecule has 1 saturated carbocycles. The monoisotopic (exact) mass is 589 g/mol. The number of rotatable bonds is 8. The minimum Gasteiger partial charge on any atom is -0.490 e. The fraction of sp³-hybridized carbons (Fsp3) is 0.407. The Morgan fingerprint density at radius 3 is 2.73 bits per heavy atom. The van der Waals surface area contributed by atoms with Crippen LogP contribution in [0.2, 0.25) is 5.02 Å². The Kier molecular flexibility index (Phi) is 8.87. The van der Waals surface area contributed by atoms with Crippen LogP contribution < -0.4 is 15.0 Å². The van der Waals surface area contributed by atoms with E-state index in [9.17, 15) is 9.59 Å². The number of fused-ring (bicyclic) bond motifs is 1. The number of ether oxygens (including phenoxy) is 3. The smallest absolute Gasteiger partial charge is 0.346 e. The zero-order chi connectivity index (χ0) is 26.5. The number of benzene rings is 2. The van der Waals surface area contributed by atoms with Gasteiger partial charge < -0.3 is 14.2 Å². The first-order valence-corrected chi connectivity index (χ1v) is 13.5. The van der Waals surface area contributed by atoms with Crippen molar-refractivity contribution in [3.8, 4) is 11.5 Å². The van der Waals surface area contributed by atoms with E-state index < -0.39 is 12.1 Å². The standard InChI is InChI=1S/C27H29BrClN3O5/c1-4-36-23-13-17(12-21(29)24(23)37-16(2)27(34)35-3)15-30-32-25(18-8-6-5-7-9-18)31-22-11-10-19(28)14-20(22)26(32)33/h10-16,18H,4-9H2,1-3H3/t16-/m0/s1. The molecule has 0 spiro atoms. The van der Waals surface area contributed by atoms with Crippen molar-refractivity contribution in [3.63, 3.8) is 0 Å². The summed E-state index contributed by atoms with van der Waals surface area (Å²) in [5.74, 6) is 0.876. The van der Waals surface area contributed by atoms with Gasteiger partial charge in [0.25, 0.3) is 5.56 Å². The first kappa shape index (κ1) is 27.1. The fourth-order valence-corrected chi connectivity index (χ4v) is 5.08. The molecule has 4 rings (SSSR count). The van der Waals surface area contributed by atoms with Crippen LogP contribution >= 0.6 is 27.5 Å². The number of carbonyl (C=O) groups excluding carboxylic acids is 1. The van der Waals surface area contributed by atoms with E-state index in [0.29, 0.717) is 34.6 Å². The van der Waals surface area contributed by atoms with E-state index in [0.717, 1.165) is 30.2 Å². The Morgan fingerprint density at radius 1 is 1.27 bits per heavy atom. The van der Waals surface area contributed by atoms with Crippen LogP contribution in [0.5, 0.6) is 11.5 Å². The van der Waals surface area contributed by atoms with Crippen molar-refractivity contribution >= 4 is 50.6 Å². The van der Waals surface area contributed by atoms with Crippen molar-refractivity contribution in [2.24, 2.45) is 5.10 Å². The molecule has 1 heterocycles. The van der Waals surface area contributed by atoms with E-state index in [-0.39, 0.29) is 22.2 Å². The summed E-state index contributed by atoms with van der Waals surface area (Å²) < 4.78 is 18.4. The van der Waals surface area contributed by atoms with Gasteiger partial charge in [-0.3, -0.25) is 4.79 Å². The van der Waals surface area contributed by atoms with Crippen molar-refractivity contribution in [1.82, 2.24) is 9.66 Å². The van der Waals surface area contributed by atoms with Crippen LogP contribution in [0.4, 0.5) is 0 Å². The molecular formula is C27H29BrClN3O5. The minimum atomic E-state index is -0.874. The maximum Gasteiger partial charge on any atom is 0.346 e. The Labute approximate surface area is 228 Å². The summed E-state index contributed by atoms with van der Waals surface area (Å²) in [5, 5.41) is 5.30. The van der Waals surface area contributed by atoms with E-state index in [1.807, 2.05) is 19.1 Å². The molecule has 0 bridgehead atoms. The third-order valence-electron chi connectivity index (χ3n) is 6.29. The quantitative estimate of drug-likeness (QED) is 0.233. The second-order valence-electron chi connectivity index (χ2n) is 8.87. The molecule has 196 valence electrons. The molecule has 37 heavy (non-hydrogen) atoms. The van der Waals surface area contributed by atoms with E-state index in [4.69, 9.17) is 30.8 Å². The molecule has 0 unspecified atom stereocenters. The molecular weight excluding hydrogens is 562 g/mol. The summed E-state index contributed by atoms with van der Waals surface area (Å²) in [7, 11) is 1.29. The number of hydrogen-bond donors (Lipinski definition) is 0. The summed E-state index contributed by atoms with van der Waals surface area (Å²) in [4.78, 5) is 30.2. The maximum absolute atomic E-state index is 13.5. The number of esters is 1. The highest BCUT2D eigenvalue weighted by Crippen LogP contribution is 2.37. The van der Waals surface area contributed by atoms with Gasteiger partial charge in [0.15, 0.2) is 17.6 Å². The van der Waals surface area contributed by atoms with Crippen molar-refractivity contribution in [2.75, 3.05) is 13.7 Å². The molecule has 8 nitrogen and oxygen atoms in total. The fourth-order valence-electron chi connectivity index (χ4n) is 4.46. The molecule has 1 atom stereocenters. The van der Waals surface area contributed by atoms with Gasteiger partial charge in [-0.25, -0.2) is 9.78 Å². The molecule has 1 aliphatic rings. The molecule has 1 aliphatic carbocycles. The van der Waals surface area contributed by atoms with Crippen LogP contribution in [0, 0.1) is 0 Å². The van der Waals surface area contributed by atoms with Crippen LogP contribution in [0.3, 0.4) is 0 Å². The summed E-state index contributed by atoms with van der Waals surface area (Å²) >= 11 is 9.96. The molecule has 0 saturated heterocycles. The first-order valence-electron chi connectivity index (χ1n) is 12.3. The number of aromatic nitrogens is 2. The first-order chi connectivity index (χ1) is 17.8. The number of hydrogen-bond acceptors (Lipinski definition) is 7. The summed E-state index contributed by atoms with van der Waals surface area (Å²) in [6.07, 6.45) is 6.00. The number of methoxy groups -OCH3 is 1. The van der Waals surface area contributed by atoms with Gasteiger partial charge >= 0.3 is 5.97 Å². The maximum atomic E-state index is 13.5. The lowest BCUT2D eigenvalue weighted by molar-refractivity contribution is -0.147. The van der Waals surface area contributed by atoms with Crippen LogP contribution in [-0.2, 0) is 9.53 Å². The molecule has 0 radical (unpaired) electrons. The topological polar surface area (TPSA) is 92.0 Å². The Hall–Kier alpha value is -2.91. The molecule has 0 amide bonds. The SMILES string of the molecule is CCOc1cc(C=Nn2c(C3CCCCC3)nc3ccc(Br)cc3c2=O)cc(Cl)c1O[C@@H](C)C(=O)OC. The second-order valence-corrected chi connectivity index (χ2v) is 10.2. The third-order valence-corrected chi connectivity index (χ3v) is 7.06. The van der Waals surface area contributed by atoms with Gasteiger partial charge in [0, 0.05) is 10.4 Å². The third kappa shape index (κ3) is 6.15. The van der Waals surface area contributed by atoms with E-state index in [1.165, 1.54) is 18.2 Å². The van der Waals surface area contributed by atoms with Crippen molar-refractivity contribution in [2.45, 2.75) is 58.0 Å². The molecule has 0 aliphatic heterocycles. The predicted molar refractivity (Wildman–Crippen MR) is 147 cm³/mol. The molecule has 1 aromatic heterocycles. The zero-order valence-corrected chi connectivity index (χ0v) is 23.3.